The summed E-state index contributed by atoms with van der Waals surface area (Å²) in [5.74, 6) is -0.921. The molecule has 146 valence electrons. The number of nitrogens with one attached hydrogen (secondary N) is 2. The molecule has 0 unspecified atom stereocenters. The summed E-state index contributed by atoms with van der Waals surface area (Å²) in [6, 6.07) is 17.4. The standard InChI is InChI=1S/C22H19N3O3S/c1-15-9-10-20(26)17(12-15)14-23-25-22(28)19(13-18-8-5-11-29-18)24-21(27)16-6-3-2-4-7-16/h2-14,26H,1H3,(H,24,27)(H,25,28)/b19-13+,23-14-. The summed E-state index contributed by atoms with van der Waals surface area (Å²) >= 11 is 1.44. The number of hydrazone groups is 1. The Labute approximate surface area is 172 Å². The van der Waals surface area contributed by atoms with E-state index in [2.05, 4.69) is 15.8 Å². The summed E-state index contributed by atoms with van der Waals surface area (Å²) in [5.41, 5.74) is 4.31. The summed E-state index contributed by atoms with van der Waals surface area (Å²) in [4.78, 5) is 25.9. The highest BCUT2D eigenvalue weighted by Gasteiger charge is 2.14. The van der Waals surface area contributed by atoms with Gasteiger partial charge < -0.3 is 10.4 Å². The minimum atomic E-state index is -0.578. The molecule has 3 rings (SSSR count). The Morgan fingerprint density at radius 3 is 2.59 bits per heavy atom. The molecular weight excluding hydrogens is 386 g/mol. The van der Waals surface area contributed by atoms with Gasteiger partial charge >= 0.3 is 0 Å². The van der Waals surface area contributed by atoms with Crippen molar-refractivity contribution < 1.29 is 14.7 Å². The first kappa shape index (κ1) is 20.0. The highest BCUT2D eigenvalue weighted by atomic mass is 32.1. The molecule has 0 saturated carbocycles. The number of hydrogen-bond donors (Lipinski definition) is 3. The Kier molecular flexibility index (Phi) is 6.55. The van der Waals surface area contributed by atoms with Gasteiger partial charge in [0.25, 0.3) is 11.8 Å². The second-order valence-electron chi connectivity index (χ2n) is 6.15. The molecule has 7 heteroatoms. The lowest BCUT2D eigenvalue weighted by Gasteiger charge is -2.08. The minimum absolute atomic E-state index is 0.0559. The van der Waals surface area contributed by atoms with E-state index < -0.39 is 11.8 Å². The van der Waals surface area contributed by atoms with E-state index in [0.29, 0.717) is 11.1 Å². The summed E-state index contributed by atoms with van der Waals surface area (Å²) < 4.78 is 0. The van der Waals surface area contributed by atoms with Crippen LogP contribution in [0.4, 0.5) is 0 Å². The van der Waals surface area contributed by atoms with Crippen LogP contribution in [-0.4, -0.2) is 23.1 Å². The van der Waals surface area contributed by atoms with Crippen LogP contribution in [0.3, 0.4) is 0 Å². The number of nitrogens with zero attached hydrogens (tertiary/aromatic N) is 1. The first-order valence-corrected chi connectivity index (χ1v) is 9.65. The first-order chi connectivity index (χ1) is 14.0. The number of aryl methyl sites for hydroxylation is 1. The van der Waals surface area contributed by atoms with E-state index in [1.54, 1.807) is 54.6 Å². The smallest absolute Gasteiger partial charge is 0.287 e. The summed E-state index contributed by atoms with van der Waals surface area (Å²) in [6.07, 6.45) is 2.93. The van der Waals surface area contributed by atoms with Crippen molar-refractivity contribution in [2.24, 2.45) is 5.10 Å². The SMILES string of the molecule is Cc1ccc(O)c(/C=N\NC(=O)/C(=C\c2cccs2)NC(=O)c2ccccc2)c1. The molecule has 6 nitrogen and oxygen atoms in total. The number of hydrogen-bond acceptors (Lipinski definition) is 5. The van der Waals surface area contributed by atoms with Gasteiger partial charge in [0.2, 0.25) is 0 Å². The molecule has 0 saturated heterocycles. The van der Waals surface area contributed by atoms with Gasteiger partial charge in [-0.2, -0.15) is 5.10 Å². The van der Waals surface area contributed by atoms with Crippen molar-refractivity contribution in [3.05, 3.63) is 93.3 Å². The molecule has 1 aromatic heterocycles. The fraction of sp³-hybridized carbons (Fsp3) is 0.0455. The number of benzene rings is 2. The molecule has 1 heterocycles. The maximum Gasteiger partial charge on any atom is 0.287 e. The summed E-state index contributed by atoms with van der Waals surface area (Å²) in [7, 11) is 0. The lowest BCUT2D eigenvalue weighted by molar-refractivity contribution is -0.117. The molecule has 2 aromatic carbocycles. The number of amides is 2. The third kappa shape index (κ3) is 5.63. The molecule has 3 aromatic rings. The predicted molar refractivity (Wildman–Crippen MR) is 115 cm³/mol. The van der Waals surface area contributed by atoms with Crippen molar-refractivity contribution in [2.45, 2.75) is 6.92 Å². The second-order valence-corrected chi connectivity index (χ2v) is 7.13. The van der Waals surface area contributed by atoms with E-state index in [9.17, 15) is 14.7 Å². The highest BCUT2D eigenvalue weighted by molar-refractivity contribution is 7.10. The van der Waals surface area contributed by atoms with Crippen LogP contribution in [0, 0.1) is 6.92 Å². The predicted octanol–water partition coefficient (Wildman–Crippen LogP) is 3.68. The normalized spacial score (nSPS) is 11.4. The Balaban J connectivity index is 1.77. The molecule has 0 aliphatic rings. The van der Waals surface area contributed by atoms with Crippen molar-refractivity contribution in [1.29, 1.82) is 0 Å². The molecular formula is C22H19N3O3S. The number of carbonyl (C=O) groups excluding carboxylic acids is 2. The molecule has 0 aliphatic heterocycles. The minimum Gasteiger partial charge on any atom is -0.507 e. The Morgan fingerprint density at radius 2 is 1.86 bits per heavy atom. The second kappa shape index (κ2) is 9.48. The molecule has 29 heavy (non-hydrogen) atoms. The largest absolute Gasteiger partial charge is 0.507 e. The van der Waals surface area contributed by atoms with Gasteiger partial charge in [-0.25, -0.2) is 5.43 Å². The number of phenols is 1. The molecule has 0 aliphatic carbocycles. The lowest BCUT2D eigenvalue weighted by atomic mass is 10.1. The maximum absolute atomic E-state index is 12.6. The summed E-state index contributed by atoms with van der Waals surface area (Å²) in [5, 5.41) is 18.3. The zero-order valence-corrected chi connectivity index (χ0v) is 16.4. The molecule has 0 atom stereocenters. The topological polar surface area (TPSA) is 90.8 Å². The van der Waals surface area contributed by atoms with Crippen LogP contribution in [0.2, 0.25) is 0 Å². The van der Waals surface area contributed by atoms with Gasteiger partial charge in [-0.3, -0.25) is 9.59 Å². The van der Waals surface area contributed by atoms with Crippen molar-refractivity contribution in [1.82, 2.24) is 10.7 Å². The molecule has 0 radical (unpaired) electrons. The number of thiophene rings is 1. The van der Waals surface area contributed by atoms with Crippen LogP contribution in [0.1, 0.15) is 26.4 Å². The van der Waals surface area contributed by atoms with Gasteiger partial charge in [0, 0.05) is 16.0 Å². The average Bonchev–Trinajstić information content (AvgIpc) is 3.23. The third-order valence-corrected chi connectivity index (χ3v) is 4.73. The third-order valence-electron chi connectivity index (χ3n) is 3.91. The van der Waals surface area contributed by atoms with Crippen LogP contribution in [0.5, 0.6) is 5.75 Å². The van der Waals surface area contributed by atoms with Gasteiger partial charge in [0.05, 0.1) is 6.21 Å². The van der Waals surface area contributed by atoms with Crippen LogP contribution in [0.25, 0.3) is 6.08 Å². The van der Waals surface area contributed by atoms with Gasteiger partial charge in [-0.05, 0) is 48.7 Å². The van der Waals surface area contributed by atoms with Gasteiger partial charge in [0.1, 0.15) is 11.4 Å². The number of carbonyl (C=O) groups is 2. The van der Waals surface area contributed by atoms with Gasteiger partial charge in [0.15, 0.2) is 0 Å². The molecule has 3 N–H and O–H groups in total. The van der Waals surface area contributed by atoms with Crippen molar-refractivity contribution in [3.8, 4) is 5.75 Å². The van der Waals surface area contributed by atoms with Crippen LogP contribution in [-0.2, 0) is 4.79 Å². The summed E-state index contributed by atoms with van der Waals surface area (Å²) in [6.45, 7) is 1.89. The van der Waals surface area contributed by atoms with Crippen LogP contribution in [0.15, 0.2) is 76.8 Å². The molecule has 0 fully saturated rings. The van der Waals surface area contributed by atoms with E-state index in [1.807, 2.05) is 24.4 Å². The Morgan fingerprint density at radius 1 is 1.07 bits per heavy atom. The highest BCUT2D eigenvalue weighted by Crippen LogP contribution is 2.16. The zero-order chi connectivity index (χ0) is 20.6. The molecule has 0 bridgehead atoms. The average molecular weight is 405 g/mol. The van der Waals surface area contributed by atoms with Crippen LogP contribution < -0.4 is 10.7 Å². The van der Waals surface area contributed by atoms with Crippen molar-refractivity contribution >= 4 is 35.4 Å². The van der Waals surface area contributed by atoms with E-state index in [4.69, 9.17) is 0 Å². The number of aromatic hydroxyl groups is 1. The number of rotatable bonds is 6. The Hall–Kier alpha value is -3.71. The van der Waals surface area contributed by atoms with Gasteiger partial charge in [-0.1, -0.05) is 35.9 Å². The van der Waals surface area contributed by atoms with E-state index in [-0.39, 0.29) is 11.4 Å². The molecule has 2 amide bonds. The molecule has 0 spiro atoms. The Bertz CT molecular complexity index is 1060. The van der Waals surface area contributed by atoms with Crippen LogP contribution >= 0.6 is 11.3 Å². The van der Waals surface area contributed by atoms with Gasteiger partial charge in [-0.15, -0.1) is 11.3 Å². The van der Waals surface area contributed by atoms with Crippen molar-refractivity contribution in [2.75, 3.05) is 0 Å². The van der Waals surface area contributed by atoms with E-state index >= 15 is 0 Å². The maximum atomic E-state index is 12.6. The van der Waals surface area contributed by atoms with Crippen molar-refractivity contribution in [3.63, 3.8) is 0 Å². The monoisotopic (exact) mass is 405 g/mol. The number of phenolic OH excluding ortho intramolecular Hbond substituents is 1. The quantitative estimate of drug-likeness (QED) is 0.332. The lowest BCUT2D eigenvalue weighted by Crippen LogP contribution is -2.32. The first-order valence-electron chi connectivity index (χ1n) is 8.77. The fourth-order valence-electron chi connectivity index (χ4n) is 2.46. The van der Waals surface area contributed by atoms with E-state index in [1.165, 1.54) is 17.6 Å². The fourth-order valence-corrected chi connectivity index (χ4v) is 3.11. The zero-order valence-electron chi connectivity index (χ0n) is 15.6. The van der Waals surface area contributed by atoms with E-state index in [0.717, 1.165) is 10.4 Å².